The lowest BCUT2D eigenvalue weighted by Crippen LogP contribution is -2.26. The fourth-order valence-electron chi connectivity index (χ4n) is 2.17. The van der Waals surface area contributed by atoms with Crippen molar-refractivity contribution in [1.29, 1.82) is 0 Å². The molecule has 0 amide bonds. The molecule has 3 rings (SSSR count). The van der Waals surface area contributed by atoms with Gasteiger partial charge in [-0.05, 0) is 45.0 Å². The molecule has 2 aromatic heterocycles. The molecule has 1 fully saturated rings. The smallest absolute Gasteiger partial charge is 0.475 e. The largest absolute Gasteiger partial charge is 0.490 e. The molecule has 23 heavy (non-hydrogen) atoms. The number of hydrogen-bond acceptors (Lipinski definition) is 5. The van der Waals surface area contributed by atoms with Gasteiger partial charge >= 0.3 is 12.1 Å². The van der Waals surface area contributed by atoms with Crippen molar-refractivity contribution in [2.45, 2.75) is 31.9 Å². The summed E-state index contributed by atoms with van der Waals surface area (Å²) in [5.74, 6) is -2.12. The van der Waals surface area contributed by atoms with Crippen molar-refractivity contribution in [3.8, 4) is 0 Å². The Morgan fingerprint density at radius 1 is 1.30 bits per heavy atom. The van der Waals surface area contributed by atoms with Crippen LogP contribution in [0.25, 0.3) is 10.3 Å². The summed E-state index contributed by atoms with van der Waals surface area (Å²) in [6.45, 7) is 4.27. The van der Waals surface area contributed by atoms with Crippen LogP contribution < -0.4 is 5.32 Å². The molecule has 3 heterocycles. The van der Waals surface area contributed by atoms with Gasteiger partial charge in [-0.3, -0.25) is 0 Å². The second-order valence-corrected chi connectivity index (χ2v) is 6.17. The van der Waals surface area contributed by atoms with E-state index in [2.05, 4.69) is 16.4 Å². The Morgan fingerprint density at radius 3 is 2.48 bits per heavy atom. The fraction of sp³-hybridized carbons (Fsp3) is 0.500. The monoisotopic (exact) mass is 347 g/mol. The SMILES string of the molecule is Cc1ccc2nc(C3CCNCC3)sc2n1.O=C(O)C(F)(F)F. The maximum absolute atomic E-state index is 10.6. The van der Waals surface area contributed by atoms with E-state index in [9.17, 15) is 13.2 Å². The molecule has 126 valence electrons. The number of nitrogens with one attached hydrogen (secondary N) is 1. The number of thiazole rings is 1. The first-order chi connectivity index (χ1) is 10.8. The predicted octanol–water partition coefficient (Wildman–Crippen LogP) is 3.10. The van der Waals surface area contributed by atoms with Gasteiger partial charge in [0.25, 0.3) is 0 Å². The number of nitrogens with zero attached hydrogens (tertiary/aromatic N) is 2. The lowest BCUT2D eigenvalue weighted by Gasteiger charge is -2.20. The highest BCUT2D eigenvalue weighted by molar-refractivity contribution is 7.18. The van der Waals surface area contributed by atoms with Gasteiger partial charge in [0, 0.05) is 11.6 Å². The number of aliphatic carboxylic acids is 1. The Bertz CT molecular complexity index is 681. The Kier molecular flexibility index (Phi) is 5.53. The summed E-state index contributed by atoms with van der Waals surface area (Å²) in [4.78, 5) is 19.2. The number of aromatic nitrogens is 2. The van der Waals surface area contributed by atoms with Crippen molar-refractivity contribution in [3.63, 3.8) is 0 Å². The molecular weight excluding hydrogens is 331 g/mol. The van der Waals surface area contributed by atoms with Gasteiger partial charge in [0.15, 0.2) is 0 Å². The van der Waals surface area contributed by atoms with E-state index in [1.165, 1.54) is 17.8 Å². The standard InChI is InChI=1S/C12H15N3S.C2HF3O2/c1-8-2-3-10-12(14-8)16-11(15-10)9-4-6-13-7-5-9;3-2(4,5)1(6)7/h2-3,9,13H,4-7H2,1H3;(H,6,7). The predicted molar refractivity (Wildman–Crippen MR) is 80.7 cm³/mol. The van der Waals surface area contributed by atoms with Gasteiger partial charge in [0.1, 0.15) is 10.3 Å². The second-order valence-electron chi connectivity index (χ2n) is 5.16. The van der Waals surface area contributed by atoms with E-state index in [0.717, 1.165) is 29.1 Å². The van der Waals surface area contributed by atoms with E-state index in [4.69, 9.17) is 14.9 Å². The molecule has 2 N–H and O–H groups in total. The van der Waals surface area contributed by atoms with E-state index < -0.39 is 12.1 Å². The molecule has 0 unspecified atom stereocenters. The third kappa shape index (κ3) is 4.87. The molecule has 0 radical (unpaired) electrons. The summed E-state index contributed by atoms with van der Waals surface area (Å²) in [6.07, 6.45) is -2.67. The first-order valence-electron chi connectivity index (χ1n) is 7.02. The van der Waals surface area contributed by atoms with Gasteiger partial charge in [-0.15, -0.1) is 0 Å². The molecule has 9 heteroatoms. The zero-order chi connectivity index (χ0) is 17.0. The highest BCUT2D eigenvalue weighted by atomic mass is 32.1. The second kappa shape index (κ2) is 7.22. The number of fused-ring (bicyclic) bond motifs is 1. The molecule has 0 atom stereocenters. The molecule has 0 aliphatic carbocycles. The van der Waals surface area contributed by atoms with Crippen LogP contribution in [-0.4, -0.2) is 40.3 Å². The topological polar surface area (TPSA) is 75.1 Å². The van der Waals surface area contributed by atoms with Crippen LogP contribution in [0.3, 0.4) is 0 Å². The number of halogens is 3. The van der Waals surface area contributed by atoms with Gasteiger partial charge < -0.3 is 10.4 Å². The van der Waals surface area contributed by atoms with Crippen LogP contribution in [0.1, 0.15) is 29.5 Å². The van der Waals surface area contributed by atoms with E-state index in [1.807, 2.05) is 13.0 Å². The number of aryl methyl sites for hydroxylation is 1. The average molecular weight is 347 g/mol. The van der Waals surface area contributed by atoms with Crippen LogP contribution in [0.4, 0.5) is 13.2 Å². The van der Waals surface area contributed by atoms with Crippen molar-refractivity contribution in [1.82, 2.24) is 15.3 Å². The Labute approximate surface area is 134 Å². The third-order valence-electron chi connectivity index (χ3n) is 3.34. The van der Waals surface area contributed by atoms with E-state index in [-0.39, 0.29) is 0 Å². The summed E-state index contributed by atoms with van der Waals surface area (Å²) in [5, 5.41) is 11.8. The summed E-state index contributed by atoms with van der Waals surface area (Å²) in [7, 11) is 0. The Balaban J connectivity index is 0.000000236. The van der Waals surface area contributed by atoms with Crippen LogP contribution in [0.5, 0.6) is 0 Å². The molecule has 1 saturated heterocycles. The number of alkyl halides is 3. The molecule has 1 aliphatic rings. The maximum atomic E-state index is 10.6. The van der Waals surface area contributed by atoms with Crippen LogP contribution in [0, 0.1) is 6.92 Å². The molecule has 1 aliphatic heterocycles. The fourth-order valence-corrected chi connectivity index (χ4v) is 3.32. The minimum atomic E-state index is -5.08. The molecule has 0 saturated carbocycles. The third-order valence-corrected chi connectivity index (χ3v) is 4.47. The maximum Gasteiger partial charge on any atom is 0.490 e. The summed E-state index contributed by atoms with van der Waals surface area (Å²) < 4.78 is 31.7. The summed E-state index contributed by atoms with van der Waals surface area (Å²) >= 11 is 1.77. The number of carboxylic acids is 1. The van der Waals surface area contributed by atoms with Gasteiger partial charge in [-0.2, -0.15) is 13.2 Å². The normalized spacial score (nSPS) is 16.0. The molecular formula is C14H16F3N3O2S. The first kappa shape index (κ1) is 17.6. The van der Waals surface area contributed by atoms with E-state index >= 15 is 0 Å². The van der Waals surface area contributed by atoms with Crippen molar-refractivity contribution < 1.29 is 23.1 Å². The van der Waals surface area contributed by atoms with Gasteiger partial charge in [0.2, 0.25) is 0 Å². The Morgan fingerprint density at radius 2 is 1.91 bits per heavy atom. The van der Waals surface area contributed by atoms with E-state index in [0.29, 0.717) is 5.92 Å². The molecule has 0 bridgehead atoms. The van der Waals surface area contributed by atoms with Crippen molar-refractivity contribution >= 4 is 27.7 Å². The number of piperidine rings is 1. The first-order valence-corrected chi connectivity index (χ1v) is 7.84. The Hall–Kier alpha value is -1.74. The van der Waals surface area contributed by atoms with Crippen LogP contribution in [-0.2, 0) is 4.79 Å². The average Bonchev–Trinajstić information content (AvgIpc) is 2.91. The van der Waals surface area contributed by atoms with Crippen LogP contribution in [0.15, 0.2) is 12.1 Å². The van der Waals surface area contributed by atoms with Gasteiger partial charge in [-0.25, -0.2) is 14.8 Å². The summed E-state index contributed by atoms with van der Waals surface area (Å²) in [6, 6.07) is 4.12. The highest BCUT2D eigenvalue weighted by Gasteiger charge is 2.38. The zero-order valence-electron chi connectivity index (χ0n) is 12.4. The minimum Gasteiger partial charge on any atom is -0.475 e. The van der Waals surface area contributed by atoms with Crippen LogP contribution in [0.2, 0.25) is 0 Å². The molecule has 0 aromatic carbocycles. The molecule has 2 aromatic rings. The van der Waals surface area contributed by atoms with Crippen molar-refractivity contribution in [2.24, 2.45) is 0 Å². The van der Waals surface area contributed by atoms with Gasteiger partial charge in [0.05, 0.1) is 5.01 Å². The zero-order valence-corrected chi connectivity index (χ0v) is 13.2. The number of carboxylic acid groups (broad SMARTS) is 1. The van der Waals surface area contributed by atoms with E-state index in [1.54, 1.807) is 11.3 Å². The lowest BCUT2D eigenvalue weighted by molar-refractivity contribution is -0.192. The van der Waals surface area contributed by atoms with Crippen LogP contribution >= 0.6 is 11.3 Å². The lowest BCUT2D eigenvalue weighted by atomic mass is 9.99. The summed E-state index contributed by atoms with van der Waals surface area (Å²) in [5.41, 5.74) is 2.14. The minimum absolute atomic E-state index is 0.640. The van der Waals surface area contributed by atoms with Gasteiger partial charge in [-0.1, -0.05) is 11.3 Å². The number of rotatable bonds is 1. The number of pyridine rings is 1. The van der Waals surface area contributed by atoms with Crippen molar-refractivity contribution in [3.05, 3.63) is 22.8 Å². The molecule has 0 spiro atoms. The highest BCUT2D eigenvalue weighted by Crippen LogP contribution is 2.31. The number of hydrogen-bond donors (Lipinski definition) is 2. The quantitative estimate of drug-likeness (QED) is 0.829. The number of carbonyl (C=O) groups is 1. The van der Waals surface area contributed by atoms with Crippen molar-refractivity contribution in [2.75, 3.05) is 13.1 Å². The molecule has 5 nitrogen and oxygen atoms in total.